The number of likely N-dealkylation sites (tertiary alicyclic amines) is 1. The Bertz CT molecular complexity index is 1150. The molecule has 0 bridgehead atoms. The largest absolute Gasteiger partial charge is 0.507 e. The first-order valence-electron chi connectivity index (χ1n) is 10.2. The average molecular weight is 479 g/mol. The highest BCUT2D eigenvalue weighted by Crippen LogP contribution is 2.65. The van der Waals surface area contributed by atoms with E-state index >= 15 is 0 Å². The molecule has 5 rings (SSSR count). The smallest absolute Gasteiger partial charge is 0.257 e. The normalized spacial score (nSPS) is 38.6. The third-order valence-corrected chi connectivity index (χ3v) is 8.98. The van der Waals surface area contributed by atoms with Crippen LogP contribution in [0.4, 0.5) is 0 Å². The lowest BCUT2D eigenvalue weighted by Gasteiger charge is -2.50. The van der Waals surface area contributed by atoms with Crippen molar-refractivity contribution in [3.05, 3.63) is 41.0 Å². The van der Waals surface area contributed by atoms with Crippen LogP contribution in [0.15, 0.2) is 29.8 Å². The highest BCUT2D eigenvalue weighted by atomic mass is 35.5. The minimum Gasteiger partial charge on any atom is -0.507 e. The van der Waals surface area contributed by atoms with Crippen LogP contribution in [-0.2, 0) is 19.2 Å². The predicted octanol–water partition coefficient (Wildman–Crippen LogP) is 2.08. The summed E-state index contributed by atoms with van der Waals surface area (Å²) in [6, 6.07) is 5.00. The molecule has 4 aliphatic rings. The van der Waals surface area contributed by atoms with E-state index in [1.165, 1.54) is 7.05 Å². The van der Waals surface area contributed by atoms with Crippen LogP contribution in [-0.4, -0.2) is 60.7 Å². The molecule has 1 aromatic carbocycles. The zero-order chi connectivity index (χ0) is 23.3. The highest BCUT2D eigenvalue weighted by molar-refractivity contribution is 6.53. The van der Waals surface area contributed by atoms with Gasteiger partial charge in [0, 0.05) is 18.5 Å². The minimum atomic E-state index is -1.94. The standard InChI is InChI=1S/C22H20Cl2N2O6/c1-9-4-3-5-12(16(9)27)15-10-6-7-11-14(18(29)26(32)17(11)28)13(10)8-21(23)19(30)25(2)20(31)22(15,21)24/h3-6,11,13-15,27,32H,7-8H2,1-2H3. The maximum Gasteiger partial charge on any atom is 0.257 e. The van der Waals surface area contributed by atoms with Gasteiger partial charge in [-0.25, -0.2) is 0 Å². The van der Waals surface area contributed by atoms with Gasteiger partial charge >= 0.3 is 0 Å². The van der Waals surface area contributed by atoms with Gasteiger partial charge in [0.05, 0.1) is 11.8 Å². The molecule has 2 saturated heterocycles. The summed E-state index contributed by atoms with van der Waals surface area (Å²) in [6.45, 7) is 1.69. The molecular formula is C22H20Cl2N2O6. The number of alkyl halides is 2. The molecule has 2 aliphatic heterocycles. The van der Waals surface area contributed by atoms with Gasteiger partial charge in [-0.1, -0.05) is 29.8 Å². The third-order valence-electron chi connectivity index (χ3n) is 7.57. The molecule has 168 valence electrons. The number of fused-ring (bicyclic) bond motifs is 4. The van der Waals surface area contributed by atoms with E-state index in [2.05, 4.69) is 0 Å². The zero-order valence-electron chi connectivity index (χ0n) is 17.2. The number of aryl methyl sites for hydroxylation is 1. The van der Waals surface area contributed by atoms with Gasteiger partial charge in [-0.3, -0.25) is 29.3 Å². The number of rotatable bonds is 1. The summed E-state index contributed by atoms with van der Waals surface area (Å²) in [4.78, 5) is 48.8. The average Bonchev–Trinajstić information content (AvgIpc) is 3.06. The van der Waals surface area contributed by atoms with Crippen LogP contribution in [0.2, 0.25) is 0 Å². The van der Waals surface area contributed by atoms with Gasteiger partial charge in [0.25, 0.3) is 23.6 Å². The number of halogens is 2. The number of benzene rings is 1. The zero-order valence-corrected chi connectivity index (χ0v) is 18.7. The molecule has 4 amide bonds. The number of aromatic hydroxyl groups is 1. The molecule has 32 heavy (non-hydrogen) atoms. The summed E-state index contributed by atoms with van der Waals surface area (Å²) in [6.07, 6.45) is 1.73. The van der Waals surface area contributed by atoms with E-state index in [9.17, 15) is 29.5 Å². The van der Waals surface area contributed by atoms with E-state index in [1.54, 1.807) is 31.2 Å². The Morgan fingerprint density at radius 2 is 1.75 bits per heavy atom. The summed E-state index contributed by atoms with van der Waals surface area (Å²) >= 11 is 13.9. The topological polar surface area (TPSA) is 115 Å². The fraction of sp³-hybridized carbons (Fsp3) is 0.455. The molecular weight excluding hydrogens is 459 g/mol. The number of phenols is 1. The molecule has 0 radical (unpaired) electrons. The number of hydrogen-bond acceptors (Lipinski definition) is 6. The van der Waals surface area contributed by atoms with Crippen molar-refractivity contribution in [2.75, 3.05) is 7.05 Å². The van der Waals surface area contributed by atoms with Gasteiger partial charge in [0.2, 0.25) is 0 Å². The molecule has 1 saturated carbocycles. The minimum absolute atomic E-state index is 0.0902. The van der Waals surface area contributed by atoms with E-state index in [0.717, 1.165) is 4.90 Å². The number of hydroxylamine groups is 2. The van der Waals surface area contributed by atoms with E-state index in [0.29, 0.717) is 16.7 Å². The summed E-state index contributed by atoms with van der Waals surface area (Å²) in [7, 11) is 1.30. The van der Waals surface area contributed by atoms with Crippen molar-refractivity contribution in [3.8, 4) is 5.75 Å². The van der Waals surface area contributed by atoms with Gasteiger partial charge in [-0.05, 0) is 31.2 Å². The highest BCUT2D eigenvalue weighted by Gasteiger charge is 2.76. The van der Waals surface area contributed by atoms with E-state index in [-0.39, 0.29) is 23.7 Å². The van der Waals surface area contributed by atoms with Crippen molar-refractivity contribution in [1.29, 1.82) is 0 Å². The first-order chi connectivity index (χ1) is 15.0. The van der Waals surface area contributed by atoms with Gasteiger partial charge < -0.3 is 5.11 Å². The molecule has 6 unspecified atom stereocenters. The van der Waals surface area contributed by atoms with E-state index in [1.807, 2.05) is 0 Å². The molecule has 1 aromatic rings. The van der Waals surface area contributed by atoms with Crippen molar-refractivity contribution < 1.29 is 29.5 Å². The predicted molar refractivity (Wildman–Crippen MR) is 112 cm³/mol. The van der Waals surface area contributed by atoms with Crippen LogP contribution in [0.1, 0.15) is 29.9 Å². The summed E-state index contributed by atoms with van der Waals surface area (Å²) < 4.78 is 0. The van der Waals surface area contributed by atoms with E-state index < -0.39 is 57.0 Å². The SMILES string of the molecule is Cc1cccc(C2C3=CCC4C(=O)N(O)C(=O)C4C3CC3(Cl)C(=O)N(C)C(=O)C23Cl)c1O. The number of para-hydroxylation sites is 1. The molecule has 6 atom stereocenters. The third kappa shape index (κ3) is 2.27. The molecule has 2 aliphatic carbocycles. The van der Waals surface area contributed by atoms with Crippen molar-refractivity contribution in [1.82, 2.24) is 9.96 Å². The molecule has 3 fully saturated rings. The Morgan fingerprint density at radius 3 is 2.44 bits per heavy atom. The van der Waals surface area contributed by atoms with Crippen LogP contribution >= 0.6 is 23.2 Å². The molecule has 2 heterocycles. The number of hydrogen-bond donors (Lipinski definition) is 2. The number of phenolic OH excluding ortho intramolecular Hbond substituents is 1. The lowest BCUT2D eigenvalue weighted by molar-refractivity contribution is -0.173. The van der Waals surface area contributed by atoms with E-state index in [4.69, 9.17) is 23.2 Å². The number of carbonyl (C=O) groups is 4. The van der Waals surface area contributed by atoms with Crippen molar-refractivity contribution >= 4 is 46.8 Å². The number of nitrogens with zero attached hydrogens (tertiary/aromatic N) is 2. The van der Waals surface area contributed by atoms with Gasteiger partial charge in [0.15, 0.2) is 9.75 Å². The fourth-order valence-electron chi connectivity index (χ4n) is 5.99. The van der Waals surface area contributed by atoms with Crippen LogP contribution in [0.3, 0.4) is 0 Å². The number of allylic oxidation sites excluding steroid dienone is 2. The Labute approximate surface area is 193 Å². The quantitative estimate of drug-likeness (QED) is 0.276. The monoisotopic (exact) mass is 478 g/mol. The Kier molecular flexibility index (Phi) is 4.39. The van der Waals surface area contributed by atoms with Gasteiger partial charge in [-0.2, -0.15) is 5.06 Å². The molecule has 2 N–H and O–H groups in total. The second kappa shape index (κ2) is 6.56. The van der Waals surface area contributed by atoms with Gasteiger partial charge in [-0.15, -0.1) is 23.2 Å². The molecule has 8 nitrogen and oxygen atoms in total. The lowest BCUT2D eigenvalue weighted by Crippen LogP contribution is -2.60. The van der Waals surface area contributed by atoms with Crippen molar-refractivity contribution in [2.45, 2.75) is 35.4 Å². The molecule has 0 spiro atoms. The van der Waals surface area contributed by atoms with Crippen LogP contribution in [0.5, 0.6) is 5.75 Å². The van der Waals surface area contributed by atoms with Crippen LogP contribution in [0, 0.1) is 24.7 Å². The Balaban J connectivity index is 1.78. The van der Waals surface area contributed by atoms with Crippen LogP contribution < -0.4 is 0 Å². The number of imide groups is 2. The van der Waals surface area contributed by atoms with Crippen molar-refractivity contribution in [2.24, 2.45) is 17.8 Å². The summed E-state index contributed by atoms with van der Waals surface area (Å²) in [5.74, 6) is -6.42. The summed E-state index contributed by atoms with van der Waals surface area (Å²) in [5.41, 5.74) is 1.41. The molecule has 10 heteroatoms. The maximum absolute atomic E-state index is 13.3. The van der Waals surface area contributed by atoms with Crippen molar-refractivity contribution in [3.63, 3.8) is 0 Å². The number of carbonyl (C=O) groups excluding carboxylic acids is 4. The second-order valence-corrected chi connectivity index (χ2v) is 10.2. The first kappa shape index (κ1) is 21.4. The van der Waals surface area contributed by atoms with Crippen LogP contribution in [0.25, 0.3) is 0 Å². The second-order valence-electron chi connectivity index (χ2n) is 9.00. The Hall–Kier alpha value is -2.42. The summed E-state index contributed by atoms with van der Waals surface area (Å²) in [5, 5.41) is 21.0. The lowest BCUT2D eigenvalue weighted by atomic mass is 9.56. The first-order valence-corrected chi connectivity index (χ1v) is 11.0. The fourth-order valence-corrected chi connectivity index (χ4v) is 7.00. The maximum atomic E-state index is 13.3. The molecule has 0 aromatic heterocycles. The number of amides is 4. The Morgan fingerprint density at radius 1 is 1.06 bits per heavy atom. The van der Waals surface area contributed by atoms with Gasteiger partial charge in [0.1, 0.15) is 5.75 Å².